The Hall–Kier alpha value is -0.650. The van der Waals surface area contributed by atoms with Crippen LogP contribution in [0.15, 0.2) is 0 Å². The van der Waals surface area contributed by atoms with E-state index in [1.807, 2.05) is 27.7 Å². The Balaban J connectivity index is 4.76. The fourth-order valence-electron chi connectivity index (χ4n) is 2.11. The van der Waals surface area contributed by atoms with Gasteiger partial charge in [0.25, 0.3) is 0 Å². The van der Waals surface area contributed by atoms with Crippen molar-refractivity contribution in [1.82, 2.24) is 10.2 Å². The van der Waals surface area contributed by atoms with Crippen molar-refractivity contribution in [3.63, 3.8) is 0 Å². The van der Waals surface area contributed by atoms with E-state index in [1.165, 1.54) is 0 Å². The molecule has 0 saturated carbocycles. The molecule has 0 heterocycles. The van der Waals surface area contributed by atoms with Crippen molar-refractivity contribution < 1.29 is 14.3 Å². The Morgan fingerprint density at radius 2 is 2.00 bits per heavy atom. The molecule has 5 nitrogen and oxygen atoms in total. The van der Waals surface area contributed by atoms with E-state index in [0.717, 1.165) is 13.1 Å². The minimum atomic E-state index is -0.687. The van der Waals surface area contributed by atoms with Gasteiger partial charge in [-0.25, -0.2) is 0 Å². The summed E-state index contributed by atoms with van der Waals surface area (Å²) in [5.74, 6) is -0.195. The van der Waals surface area contributed by atoms with Crippen LogP contribution in [0.1, 0.15) is 34.6 Å². The van der Waals surface area contributed by atoms with Crippen molar-refractivity contribution in [3.8, 4) is 0 Å². The number of esters is 1. The molecule has 114 valence electrons. The Morgan fingerprint density at radius 3 is 2.42 bits per heavy atom. The zero-order valence-corrected chi connectivity index (χ0v) is 13.3. The fourth-order valence-corrected chi connectivity index (χ4v) is 2.11. The predicted octanol–water partition coefficient (Wildman–Crippen LogP) is 1.27. The molecule has 0 aliphatic heterocycles. The number of methoxy groups -OCH3 is 1. The molecule has 1 atom stereocenters. The highest BCUT2D eigenvalue weighted by molar-refractivity contribution is 5.80. The van der Waals surface area contributed by atoms with E-state index in [1.54, 1.807) is 7.11 Å². The normalized spacial score (nSPS) is 14.7. The van der Waals surface area contributed by atoms with Gasteiger partial charge < -0.3 is 9.47 Å². The van der Waals surface area contributed by atoms with Gasteiger partial charge in [-0.05, 0) is 34.2 Å². The third-order valence-corrected chi connectivity index (χ3v) is 2.93. The summed E-state index contributed by atoms with van der Waals surface area (Å²) in [6.07, 6.45) is 0. The van der Waals surface area contributed by atoms with Gasteiger partial charge in [0.1, 0.15) is 5.54 Å². The van der Waals surface area contributed by atoms with E-state index in [9.17, 15) is 4.79 Å². The second kappa shape index (κ2) is 9.28. The first kappa shape index (κ1) is 18.4. The van der Waals surface area contributed by atoms with Gasteiger partial charge in [0.15, 0.2) is 0 Å². The summed E-state index contributed by atoms with van der Waals surface area (Å²) >= 11 is 0. The second-order valence-corrected chi connectivity index (χ2v) is 5.21. The van der Waals surface area contributed by atoms with Crippen LogP contribution < -0.4 is 5.32 Å². The molecule has 0 radical (unpaired) electrons. The Kier molecular flexibility index (Phi) is 8.97. The number of rotatable bonds is 10. The van der Waals surface area contributed by atoms with Crippen molar-refractivity contribution in [1.29, 1.82) is 0 Å². The lowest BCUT2D eigenvalue weighted by Crippen LogP contribution is -2.59. The SMILES string of the molecule is CCOC(=O)C(C)(CN(CC)CCOC)NC(C)C. The van der Waals surface area contributed by atoms with Crippen molar-refractivity contribution in [2.45, 2.75) is 46.2 Å². The number of carbonyl (C=O) groups excluding carboxylic acids is 1. The smallest absolute Gasteiger partial charge is 0.327 e. The minimum Gasteiger partial charge on any atom is -0.465 e. The van der Waals surface area contributed by atoms with Crippen LogP contribution in [0.2, 0.25) is 0 Å². The van der Waals surface area contributed by atoms with Gasteiger partial charge in [0.05, 0.1) is 13.2 Å². The molecule has 0 aromatic heterocycles. The maximum absolute atomic E-state index is 12.2. The van der Waals surface area contributed by atoms with E-state index in [0.29, 0.717) is 19.8 Å². The van der Waals surface area contributed by atoms with Crippen LogP contribution in [0.3, 0.4) is 0 Å². The van der Waals surface area contributed by atoms with Crippen molar-refractivity contribution in [2.24, 2.45) is 0 Å². The molecule has 0 rings (SSSR count). The first-order valence-electron chi connectivity index (χ1n) is 7.05. The molecule has 0 spiro atoms. The molecular formula is C14H30N2O3. The molecule has 19 heavy (non-hydrogen) atoms. The average Bonchev–Trinajstić information content (AvgIpc) is 2.33. The van der Waals surface area contributed by atoms with Crippen LogP contribution >= 0.6 is 0 Å². The fraction of sp³-hybridized carbons (Fsp3) is 0.929. The lowest BCUT2D eigenvalue weighted by molar-refractivity contribution is -0.151. The van der Waals surface area contributed by atoms with Gasteiger partial charge >= 0.3 is 5.97 Å². The molecule has 0 fully saturated rings. The minimum absolute atomic E-state index is 0.195. The first-order valence-corrected chi connectivity index (χ1v) is 7.05. The van der Waals surface area contributed by atoms with Gasteiger partial charge in [-0.2, -0.15) is 0 Å². The zero-order valence-electron chi connectivity index (χ0n) is 13.3. The largest absolute Gasteiger partial charge is 0.465 e. The number of ether oxygens (including phenoxy) is 2. The highest BCUT2D eigenvalue weighted by Crippen LogP contribution is 2.11. The molecule has 0 aliphatic rings. The Morgan fingerprint density at radius 1 is 1.37 bits per heavy atom. The highest BCUT2D eigenvalue weighted by atomic mass is 16.5. The van der Waals surface area contributed by atoms with E-state index in [4.69, 9.17) is 9.47 Å². The molecule has 0 saturated heterocycles. The number of nitrogens with one attached hydrogen (secondary N) is 1. The Bertz CT molecular complexity index is 259. The topological polar surface area (TPSA) is 50.8 Å². The molecule has 0 aromatic rings. The van der Waals surface area contributed by atoms with Crippen LogP contribution in [0.5, 0.6) is 0 Å². The molecule has 0 amide bonds. The van der Waals surface area contributed by atoms with E-state index in [2.05, 4.69) is 17.1 Å². The number of likely N-dealkylation sites (N-methyl/N-ethyl adjacent to an activating group) is 1. The number of nitrogens with zero attached hydrogens (tertiary/aromatic N) is 1. The van der Waals surface area contributed by atoms with E-state index < -0.39 is 5.54 Å². The summed E-state index contributed by atoms with van der Waals surface area (Å²) in [5, 5.41) is 3.32. The quantitative estimate of drug-likeness (QED) is 0.608. The molecule has 0 aliphatic carbocycles. The zero-order chi connectivity index (χ0) is 14.9. The van der Waals surface area contributed by atoms with Gasteiger partial charge in [-0.1, -0.05) is 6.92 Å². The van der Waals surface area contributed by atoms with E-state index >= 15 is 0 Å². The summed E-state index contributed by atoms with van der Waals surface area (Å²) in [6.45, 7) is 13.2. The monoisotopic (exact) mass is 274 g/mol. The third kappa shape index (κ3) is 6.89. The van der Waals surface area contributed by atoms with Crippen LogP contribution in [-0.4, -0.2) is 62.4 Å². The average molecular weight is 274 g/mol. The predicted molar refractivity (Wildman–Crippen MR) is 77.3 cm³/mol. The van der Waals surface area contributed by atoms with Gasteiger partial charge in [0.2, 0.25) is 0 Å². The maximum atomic E-state index is 12.2. The van der Waals surface area contributed by atoms with Crippen LogP contribution in [0.25, 0.3) is 0 Å². The second-order valence-electron chi connectivity index (χ2n) is 5.21. The number of carbonyl (C=O) groups is 1. The number of hydrogen-bond donors (Lipinski definition) is 1. The van der Waals surface area contributed by atoms with Gasteiger partial charge in [-0.15, -0.1) is 0 Å². The number of hydrogen-bond acceptors (Lipinski definition) is 5. The summed E-state index contributed by atoms with van der Waals surface area (Å²) in [6, 6.07) is 0.218. The standard InChI is InChI=1S/C14H30N2O3/c1-7-16(9-10-18-6)11-14(5,15-12(3)4)13(17)19-8-2/h12,15H,7-11H2,1-6H3. The third-order valence-electron chi connectivity index (χ3n) is 2.93. The molecule has 0 bridgehead atoms. The van der Waals surface area contributed by atoms with Crippen molar-refractivity contribution in [3.05, 3.63) is 0 Å². The highest BCUT2D eigenvalue weighted by Gasteiger charge is 2.36. The summed E-state index contributed by atoms with van der Waals surface area (Å²) in [5.41, 5.74) is -0.687. The van der Waals surface area contributed by atoms with Crippen LogP contribution in [0.4, 0.5) is 0 Å². The lowest BCUT2D eigenvalue weighted by atomic mass is 10.0. The van der Waals surface area contributed by atoms with Crippen molar-refractivity contribution >= 4 is 5.97 Å². The molecule has 5 heteroatoms. The van der Waals surface area contributed by atoms with Crippen molar-refractivity contribution in [2.75, 3.05) is 40.0 Å². The molecular weight excluding hydrogens is 244 g/mol. The maximum Gasteiger partial charge on any atom is 0.327 e. The van der Waals surface area contributed by atoms with Crippen LogP contribution in [-0.2, 0) is 14.3 Å². The van der Waals surface area contributed by atoms with E-state index in [-0.39, 0.29) is 12.0 Å². The van der Waals surface area contributed by atoms with Crippen LogP contribution in [0, 0.1) is 0 Å². The first-order chi connectivity index (χ1) is 8.89. The van der Waals surface area contributed by atoms with Gasteiger partial charge in [0, 0.05) is 26.2 Å². The summed E-state index contributed by atoms with van der Waals surface area (Å²) in [7, 11) is 1.69. The Labute approximate surface area is 117 Å². The molecule has 0 aromatic carbocycles. The lowest BCUT2D eigenvalue weighted by Gasteiger charge is -2.35. The summed E-state index contributed by atoms with van der Waals surface area (Å²) in [4.78, 5) is 14.4. The molecule has 1 N–H and O–H groups in total. The summed E-state index contributed by atoms with van der Waals surface area (Å²) < 4.78 is 10.3. The molecule has 1 unspecified atom stereocenters. The van der Waals surface area contributed by atoms with Gasteiger partial charge in [-0.3, -0.25) is 15.0 Å².